The number of rotatable bonds is 7. The number of aromatic nitrogens is 3. The maximum Gasteiger partial charge on any atom is 0.319 e. The van der Waals surface area contributed by atoms with Crippen molar-refractivity contribution in [2.75, 3.05) is 6.61 Å². The van der Waals surface area contributed by atoms with Crippen LogP contribution in [0.2, 0.25) is 0 Å². The SMILES string of the molecule is C=CCn1c(COc2ccccc2F)nnc1S[C@H]1CCOC1=O. The minimum absolute atomic E-state index is 0.0669. The van der Waals surface area contributed by atoms with Crippen LogP contribution in [0.4, 0.5) is 4.39 Å². The lowest BCUT2D eigenvalue weighted by Gasteiger charge is -2.10. The Morgan fingerprint density at radius 2 is 2.29 bits per heavy atom. The molecule has 1 fully saturated rings. The predicted octanol–water partition coefficient (Wildman–Crippen LogP) is 2.59. The molecule has 1 aromatic heterocycles. The summed E-state index contributed by atoms with van der Waals surface area (Å²) in [6.07, 6.45) is 2.35. The topological polar surface area (TPSA) is 66.2 Å². The van der Waals surface area contributed by atoms with E-state index in [1.165, 1.54) is 17.8 Å². The summed E-state index contributed by atoms with van der Waals surface area (Å²) in [7, 11) is 0. The summed E-state index contributed by atoms with van der Waals surface area (Å²) in [6, 6.07) is 6.17. The van der Waals surface area contributed by atoms with Crippen LogP contribution in [-0.2, 0) is 22.7 Å². The molecule has 1 aliphatic rings. The highest BCUT2D eigenvalue weighted by Gasteiger charge is 2.29. The number of benzene rings is 1. The number of carbonyl (C=O) groups is 1. The minimum atomic E-state index is -0.435. The molecule has 2 heterocycles. The summed E-state index contributed by atoms with van der Waals surface area (Å²) >= 11 is 1.31. The molecule has 1 atom stereocenters. The Morgan fingerprint density at radius 3 is 3.00 bits per heavy atom. The standard InChI is InChI=1S/C16H16FN3O3S/c1-2-8-20-14(10-23-12-6-4-3-5-11(12)17)18-19-16(20)24-13-7-9-22-15(13)21/h2-6,13H,1,7-10H2/t13-/m0/s1. The summed E-state index contributed by atoms with van der Waals surface area (Å²) in [5, 5.41) is 8.51. The van der Waals surface area contributed by atoms with Crippen LogP contribution in [-0.4, -0.2) is 32.6 Å². The number of cyclic esters (lactones) is 1. The van der Waals surface area contributed by atoms with Crippen molar-refractivity contribution >= 4 is 17.7 Å². The number of halogens is 1. The second-order valence-electron chi connectivity index (χ2n) is 5.08. The molecule has 0 N–H and O–H groups in total. The summed E-state index contributed by atoms with van der Waals surface area (Å²) in [5.41, 5.74) is 0. The molecule has 0 bridgehead atoms. The summed E-state index contributed by atoms with van der Waals surface area (Å²) in [4.78, 5) is 11.6. The highest BCUT2D eigenvalue weighted by Crippen LogP contribution is 2.29. The minimum Gasteiger partial charge on any atom is -0.483 e. The summed E-state index contributed by atoms with van der Waals surface area (Å²) in [6.45, 7) is 4.68. The molecule has 2 aromatic rings. The van der Waals surface area contributed by atoms with Crippen LogP contribution in [0.1, 0.15) is 12.2 Å². The molecule has 1 saturated heterocycles. The monoisotopic (exact) mass is 349 g/mol. The quantitative estimate of drug-likeness (QED) is 0.565. The smallest absolute Gasteiger partial charge is 0.319 e. The van der Waals surface area contributed by atoms with Crippen LogP contribution < -0.4 is 4.74 Å². The number of thioether (sulfide) groups is 1. The highest BCUT2D eigenvalue weighted by molar-refractivity contribution is 8.00. The van der Waals surface area contributed by atoms with Gasteiger partial charge in [-0.3, -0.25) is 9.36 Å². The van der Waals surface area contributed by atoms with Crippen LogP contribution in [0, 0.1) is 5.82 Å². The Bertz CT molecular complexity index is 750. The molecule has 8 heteroatoms. The maximum atomic E-state index is 13.6. The molecule has 0 unspecified atom stereocenters. The van der Waals surface area contributed by atoms with Crippen molar-refractivity contribution in [3.63, 3.8) is 0 Å². The van der Waals surface area contributed by atoms with E-state index in [-0.39, 0.29) is 23.6 Å². The largest absolute Gasteiger partial charge is 0.483 e. The average molecular weight is 349 g/mol. The van der Waals surface area contributed by atoms with E-state index in [0.29, 0.717) is 30.6 Å². The van der Waals surface area contributed by atoms with Gasteiger partial charge in [-0.2, -0.15) is 0 Å². The second-order valence-corrected chi connectivity index (χ2v) is 6.25. The van der Waals surface area contributed by atoms with E-state index < -0.39 is 5.82 Å². The Morgan fingerprint density at radius 1 is 1.46 bits per heavy atom. The van der Waals surface area contributed by atoms with E-state index in [2.05, 4.69) is 16.8 Å². The van der Waals surface area contributed by atoms with Crippen molar-refractivity contribution in [2.24, 2.45) is 0 Å². The lowest BCUT2D eigenvalue weighted by molar-refractivity contribution is -0.137. The molecule has 0 saturated carbocycles. The molecule has 0 amide bonds. The molecule has 24 heavy (non-hydrogen) atoms. The van der Waals surface area contributed by atoms with Crippen molar-refractivity contribution in [1.29, 1.82) is 0 Å². The number of para-hydroxylation sites is 1. The van der Waals surface area contributed by atoms with Crippen molar-refractivity contribution in [1.82, 2.24) is 14.8 Å². The fraction of sp³-hybridized carbons (Fsp3) is 0.312. The molecule has 3 rings (SSSR count). The number of hydrogen-bond donors (Lipinski definition) is 0. The van der Waals surface area contributed by atoms with Crippen LogP contribution in [0.25, 0.3) is 0 Å². The molecule has 0 spiro atoms. The van der Waals surface area contributed by atoms with Crippen molar-refractivity contribution < 1.29 is 18.7 Å². The maximum absolute atomic E-state index is 13.6. The number of nitrogens with zero attached hydrogens (tertiary/aromatic N) is 3. The van der Waals surface area contributed by atoms with Gasteiger partial charge in [0.15, 0.2) is 22.5 Å². The van der Waals surface area contributed by atoms with Crippen molar-refractivity contribution in [3.05, 3.63) is 48.6 Å². The molecule has 0 radical (unpaired) electrons. The fourth-order valence-corrected chi connectivity index (χ4v) is 3.27. The number of ether oxygens (including phenoxy) is 2. The van der Waals surface area contributed by atoms with E-state index in [0.717, 1.165) is 0 Å². The van der Waals surface area contributed by atoms with Crippen molar-refractivity contribution in [3.8, 4) is 5.75 Å². The summed E-state index contributed by atoms with van der Waals surface area (Å²) in [5.74, 6) is 0.0131. The number of carbonyl (C=O) groups excluding carboxylic acids is 1. The zero-order valence-electron chi connectivity index (χ0n) is 12.9. The van der Waals surface area contributed by atoms with E-state index in [9.17, 15) is 9.18 Å². The van der Waals surface area contributed by atoms with Gasteiger partial charge in [-0.15, -0.1) is 16.8 Å². The van der Waals surface area contributed by atoms with Gasteiger partial charge in [-0.1, -0.05) is 30.0 Å². The molecule has 6 nitrogen and oxygen atoms in total. The van der Waals surface area contributed by atoms with Crippen LogP contribution >= 0.6 is 11.8 Å². The Labute approximate surface area is 142 Å². The number of hydrogen-bond acceptors (Lipinski definition) is 6. The van der Waals surface area contributed by atoms with Gasteiger partial charge in [0.1, 0.15) is 11.9 Å². The number of allylic oxidation sites excluding steroid dienone is 1. The van der Waals surface area contributed by atoms with Gasteiger partial charge in [-0.25, -0.2) is 4.39 Å². The molecular formula is C16H16FN3O3S. The zero-order valence-corrected chi connectivity index (χ0v) is 13.7. The number of esters is 1. The Hall–Kier alpha value is -2.35. The lowest BCUT2D eigenvalue weighted by Crippen LogP contribution is -2.12. The second kappa shape index (κ2) is 7.48. The lowest BCUT2D eigenvalue weighted by atomic mass is 10.3. The first-order valence-corrected chi connectivity index (χ1v) is 8.30. The zero-order chi connectivity index (χ0) is 16.9. The first-order chi connectivity index (χ1) is 11.7. The first kappa shape index (κ1) is 16.5. The molecular weight excluding hydrogens is 333 g/mol. The third kappa shape index (κ3) is 3.59. The normalized spacial score (nSPS) is 16.9. The highest BCUT2D eigenvalue weighted by atomic mass is 32.2. The molecule has 1 aliphatic heterocycles. The van der Waals surface area contributed by atoms with Gasteiger partial charge >= 0.3 is 5.97 Å². The summed E-state index contributed by atoms with van der Waals surface area (Å²) < 4.78 is 25.9. The Kier molecular flexibility index (Phi) is 5.14. The molecule has 0 aliphatic carbocycles. The Balaban J connectivity index is 1.74. The molecule has 1 aromatic carbocycles. The van der Waals surface area contributed by atoms with Crippen molar-refractivity contribution in [2.45, 2.75) is 30.0 Å². The van der Waals surface area contributed by atoms with Gasteiger partial charge < -0.3 is 9.47 Å². The van der Waals surface area contributed by atoms with E-state index in [4.69, 9.17) is 9.47 Å². The van der Waals surface area contributed by atoms with Gasteiger partial charge in [0.25, 0.3) is 0 Å². The third-order valence-electron chi connectivity index (χ3n) is 3.43. The average Bonchev–Trinajstić information content (AvgIpc) is 3.15. The van der Waals surface area contributed by atoms with Crippen LogP contribution in [0.3, 0.4) is 0 Å². The van der Waals surface area contributed by atoms with Crippen LogP contribution in [0.15, 0.2) is 42.1 Å². The third-order valence-corrected chi connectivity index (χ3v) is 4.66. The van der Waals surface area contributed by atoms with Crippen LogP contribution in [0.5, 0.6) is 5.75 Å². The van der Waals surface area contributed by atoms with Gasteiger partial charge in [-0.05, 0) is 12.1 Å². The predicted molar refractivity (Wildman–Crippen MR) is 86.2 cm³/mol. The van der Waals surface area contributed by atoms with E-state index >= 15 is 0 Å². The fourth-order valence-electron chi connectivity index (χ4n) is 2.24. The molecule has 126 valence electrons. The van der Waals surface area contributed by atoms with E-state index in [1.54, 1.807) is 28.8 Å². The van der Waals surface area contributed by atoms with Gasteiger partial charge in [0, 0.05) is 13.0 Å². The van der Waals surface area contributed by atoms with Gasteiger partial charge in [0.2, 0.25) is 0 Å². The van der Waals surface area contributed by atoms with E-state index in [1.807, 2.05) is 0 Å². The first-order valence-electron chi connectivity index (χ1n) is 7.42. The van der Waals surface area contributed by atoms with Gasteiger partial charge in [0.05, 0.1) is 6.61 Å².